The van der Waals surface area contributed by atoms with Gasteiger partial charge in [-0.05, 0) is 54.1 Å². The third-order valence-corrected chi connectivity index (χ3v) is 10.7. The number of hydrogen-bond donors (Lipinski definition) is 0. The fraction of sp³-hybridized carbons (Fsp3) is 0.158. The molecule has 0 atom stereocenters. The van der Waals surface area contributed by atoms with Crippen LogP contribution < -0.4 is 20.9 Å². The first-order valence-electron chi connectivity index (χ1n) is 15.1. The van der Waals surface area contributed by atoms with Crippen LogP contribution in [0.1, 0.15) is 20.4 Å². The minimum absolute atomic E-state index is 0. The van der Waals surface area contributed by atoms with E-state index in [2.05, 4.69) is 42.4 Å². The summed E-state index contributed by atoms with van der Waals surface area (Å²) < 4.78 is 5.35. The summed E-state index contributed by atoms with van der Waals surface area (Å²) in [6.45, 7) is 3.75. The van der Waals surface area contributed by atoms with Crippen LogP contribution in [0.5, 0.6) is 0 Å². The van der Waals surface area contributed by atoms with Crippen molar-refractivity contribution in [3.05, 3.63) is 123 Å². The molecule has 51 heavy (non-hydrogen) atoms. The number of thiophene rings is 2. The lowest BCUT2D eigenvalue weighted by atomic mass is 10.2. The van der Waals surface area contributed by atoms with Crippen molar-refractivity contribution in [3.63, 3.8) is 0 Å². The highest BCUT2D eigenvalue weighted by Gasteiger charge is 2.18. The summed E-state index contributed by atoms with van der Waals surface area (Å²) in [6.07, 6.45) is 8.48. The number of rotatable bonds is 5. The molecule has 0 aliphatic carbocycles. The normalized spacial score (nSPS) is 10.8. The van der Waals surface area contributed by atoms with E-state index >= 15 is 0 Å². The van der Waals surface area contributed by atoms with Crippen LogP contribution in [0.2, 0.25) is 0 Å². The Morgan fingerprint density at radius 1 is 0.647 bits per heavy atom. The Bertz CT molecular complexity index is 2640. The molecule has 0 aliphatic heterocycles. The van der Waals surface area contributed by atoms with Crippen molar-refractivity contribution in [3.8, 4) is 11.4 Å². The third-order valence-electron chi connectivity index (χ3n) is 8.00. The summed E-state index contributed by atoms with van der Waals surface area (Å²) in [7, 11) is 7.89. The zero-order valence-electron chi connectivity index (χ0n) is 27.0. The molecule has 0 bridgehead atoms. The van der Waals surface area contributed by atoms with E-state index in [0.29, 0.717) is 20.4 Å². The van der Waals surface area contributed by atoms with Crippen LogP contribution in [0.3, 0.4) is 0 Å². The maximum Gasteiger partial charge on any atom is 0.275 e. The van der Waals surface area contributed by atoms with E-state index in [4.69, 9.17) is 0 Å². The average molecular weight is 782 g/mol. The summed E-state index contributed by atoms with van der Waals surface area (Å²) in [5.41, 5.74) is 5.87. The molecule has 6 aromatic heterocycles. The van der Waals surface area contributed by atoms with E-state index in [-0.39, 0.29) is 26.0 Å². The molecule has 8 aromatic rings. The minimum Gasteiger partial charge on any atom is -0.377 e. The van der Waals surface area contributed by atoms with Crippen molar-refractivity contribution in [2.45, 2.75) is 14.9 Å². The van der Waals surface area contributed by atoms with Crippen LogP contribution in [-0.2, 0) is 0 Å². The molecule has 0 N–H and O–H groups in total. The van der Waals surface area contributed by atoms with Crippen LogP contribution in [0.25, 0.3) is 58.3 Å². The van der Waals surface area contributed by atoms with Gasteiger partial charge >= 0.3 is 0 Å². The predicted octanol–water partition coefficient (Wildman–Crippen LogP) is 8.80. The Kier molecular flexibility index (Phi) is 10.8. The van der Waals surface area contributed by atoms with Gasteiger partial charge in [-0.25, -0.2) is 19.9 Å². The maximum atomic E-state index is 13.0. The van der Waals surface area contributed by atoms with Crippen LogP contribution >= 0.6 is 38.6 Å². The fourth-order valence-electron chi connectivity index (χ4n) is 5.56. The molecule has 2 aromatic carbocycles. The average Bonchev–Trinajstić information content (AvgIpc) is 3.69. The summed E-state index contributed by atoms with van der Waals surface area (Å²) >= 11 is 6.18. The topological polar surface area (TPSA) is 102 Å². The van der Waals surface area contributed by atoms with Gasteiger partial charge < -0.3 is 9.80 Å². The highest BCUT2D eigenvalue weighted by molar-refractivity contribution is 9.10. The van der Waals surface area contributed by atoms with Crippen molar-refractivity contribution in [2.75, 3.05) is 38.0 Å². The SMILES string of the molecule is C.C.C=Cc1ccc(-n2cnc3c(sc4nccc(N(C)C)c43)c2=O)cc1.CN(C)c1ccnc2sc3c(=O)n(-c4ccc(Br)cc4)cnc3c12. The molecule has 0 spiro atoms. The Hall–Kier alpha value is -5.24. The number of aromatic nitrogens is 6. The molecule has 8 rings (SSSR count). The predicted molar refractivity (Wildman–Crippen MR) is 221 cm³/mol. The van der Waals surface area contributed by atoms with Crippen LogP contribution in [0.4, 0.5) is 11.4 Å². The smallest absolute Gasteiger partial charge is 0.275 e. The van der Waals surface area contributed by atoms with Gasteiger partial charge in [-0.2, -0.15) is 0 Å². The van der Waals surface area contributed by atoms with Crippen molar-refractivity contribution in [2.24, 2.45) is 0 Å². The highest BCUT2D eigenvalue weighted by atomic mass is 79.9. The van der Waals surface area contributed by atoms with Gasteiger partial charge in [0.15, 0.2) is 0 Å². The van der Waals surface area contributed by atoms with Gasteiger partial charge in [0.25, 0.3) is 11.1 Å². The molecule has 10 nitrogen and oxygen atoms in total. The largest absolute Gasteiger partial charge is 0.377 e. The molecule has 0 saturated carbocycles. The Labute approximate surface area is 311 Å². The van der Waals surface area contributed by atoms with Gasteiger partial charge in [-0.1, -0.05) is 55.6 Å². The molecule has 0 saturated heterocycles. The van der Waals surface area contributed by atoms with E-state index in [0.717, 1.165) is 53.2 Å². The number of benzene rings is 2. The molecule has 13 heteroatoms. The Balaban J connectivity index is 0.000000190. The van der Waals surface area contributed by atoms with E-state index < -0.39 is 0 Å². The Morgan fingerprint density at radius 2 is 1.06 bits per heavy atom. The summed E-state index contributed by atoms with van der Waals surface area (Å²) in [5.74, 6) is 0. The second kappa shape index (κ2) is 14.9. The number of anilines is 2. The van der Waals surface area contributed by atoms with Gasteiger partial charge in [0.2, 0.25) is 0 Å². The number of pyridine rings is 2. The third kappa shape index (κ3) is 6.67. The molecule has 6 heterocycles. The minimum atomic E-state index is -0.0796. The zero-order chi connectivity index (χ0) is 34.4. The van der Waals surface area contributed by atoms with Gasteiger partial charge in [-0.3, -0.25) is 18.7 Å². The number of halogens is 1. The lowest BCUT2D eigenvalue weighted by Gasteiger charge is -2.13. The molecular weight excluding hydrogens is 745 g/mol. The van der Waals surface area contributed by atoms with Gasteiger partial charge in [0, 0.05) is 45.1 Å². The monoisotopic (exact) mass is 780 g/mol. The quantitative estimate of drug-likeness (QED) is 0.171. The van der Waals surface area contributed by atoms with Crippen LogP contribution in [0.15, 0.2) is 106 Å². The number of fused-ring (bicyclic) bond motifs is 6. The van der Waals surface area contributed by atoms with E-state index in [9.17, 15) is 9.59 Å². The molecule has 260 valence electrons. The van der Waals surface area contributed by atoms with Gasteiger partial charge in [-0.15, -0.1) is 22.7 Å². The second-order valence-corrected chi connectivity index (χ2v) is 14.4. The maximum absolute atomic E-state index is 13.0. The van der Waals surface area contributed by atoms with Crippen LogP contribution in [0, 0.1) is 0 Å². The first kappa shape index (κ1) is 37.0. The van der Waals surface area contributed by atoms with Crippen molar-refractivity contribution >= 4 is 96.9 Å². The zero-order valence-corrected chi connectivity index (χ0v) is 30.2. The second-order valence-electron chi connectivity index (χ2n) is 11.5. The lowest BCUT2D eigenvalue weighted by molar-refractivity contribution is 0.967. The van der Waals surface area contributed by atoms with Crippen molar-refractivity contribution in [1.29, 1.82) is 0 Å². The molecule has 0 amide bonds. The van der Waals surface area contributed by atoms with Gasteiger partial charge in [0.1, 0.15) is 31.7 Å². The highest BCUT2D eigenvalue weighted by Crippen LogP contribution is 2.36. The lowest BCUT2D eigenvalue weighted by Crippen LogP contribution is -2.17. The number of hydrogen-bond acceptors (Lipinski definition) is 10. The van der Waals surface area contributed by atoms with Crippen molar-refractivity contribution in [1.82, 2.24) is 29.1 Å². The molecule has 0 unspecified atom stereocenters. The first-order chi connectivity index (χ1) is 23.7. The first-order valence-corrected chi connectivity index (χ1v) is 17.5. The van der Waals surface area contributed by atoms with E-state index in [1.54, 1.807) is 40.3 Å². The van der Waals surface area contributed by atoms with Gasteiger partial charge in [0.05, 0.1) is 44.6 Å². The van der Waals surface area contributed by atoms with Crippen molar-refractivity contribution < 1.29 is 0 Å². The summed E-state index contributed by atoms with van der Waals surface area (Å²) in [4.78, 5) is 49.6. The van der Waals surface area contributed by atoms with E-state index in [1.807, 2.05) is 98.7 Å². The summed E-state index contributed by atoms with van der Waals surface area (Å²) in [5, 5.41) is 1.86. The standard InChI is InChI=1S/C19H16N4OS.C17H13BrN4OS.2CH4/c1-4-12-5-7-13(8-6-12)23-11-21-16-15-14(22(2)3)9-10-20-18(15)25-17(16)19(23)24;1-21(2)12-7-8-19-16-13(12)14-15(24-16)17(23)22(9-20-14)11-5-3-10(18)4-6-11;;/h4-11H,1H2,2-3H3;3-9H,1-2H3;2*1H4. The molecular formula is C38H37BrN8O2S2. The number of nitrogens with zero attached hydrogens (tertiary/aromatic N) is 8. The summed E-state index contributed by atoms with van der Waals surface area (Å²) in [6, 6.07) is 19.1. The van der Waals surface area contributed by atoms with Crippen LogP contribution in [-0.4, -0.2) is 57.3 Å². The van der Waals surface area contributed by atoms with E-state index in [1.165, 1.54) is 22.7 Å². The molecule has 0 radical (unpaired) electrons. The fourth-order valence-corrected chi connectivity index (χ4v) is 7.92. The molecule has 0 fully saturated rings. The molecule has 0 aliphatic rings. The Morgan fingerprint density at radius 3 is 1.45 bits per heavy atom.